The first-order chi connectivity index (χ1) is 14.4. The van der Waals surface area contributed by atoms with Crippen LogP contribution >= 0.6 is 0 Å². The molecule has 0 fully saturated rings. The van der Waals surface area contributed by atoms with E-state index in [2.05, 4.69) is 4.98 Å². The molecule has 7 heteroatoms. The number of aliphatic hydroxyl groups excluding tert-OH is 1. The fourth-order valence-corrected chi connectivity index (χ4v) is 2.77. The number of rotatable bonds is 9. The molecule has 0 atom stereocenters. The Labute approximate surface area is 172 Å². The average molecular weight is 417 g/mol. The normalized spacial score (nSPS) is 11.9. The third-order valence-electron chi connectivity index (χ3n) is 4.41. The summed E-state index contributed by atoms with van der Waals surface area (Å²) in [5.74, 6) is 1.05. The van der Waals surface area contributed by atoms with Gasteiger partial charge in [-0.3, -0.25) is 0 Å². The van der Waals surface area contributed by atoms with Gasteiger partial charge in [-0.1, -0.05) is 24.3 Å². The highest BCUT2D eigenvalue weighted by Gasteiger charge is 2.29. The molecule has 3 rings (SSSR count). The fraction of sp³-hybridized carbons (Fsp3) is 0.261. The van der Waals surface area contributed by atoms with Gasteiger partial charge in [-0.05, 0) is 60.7 Å². The van der Waals surface area contributed by atoms with E-state index in [1.807, 2.05) is 24.3 Å². The first-order valence-corrected chi connectivity index (χ1v) is 9.56. The Morgan fingerprint density at radius 2 is 1.70 bits per heavy atom. The number of benzene rings is 2. The highest BCUT2D eigenvalue weighted by molar-refractivity contribution is 5.66. The zero-order chi connectivity index (χ0) is 21.4. The van der Waals surface area contributed by atoms with Crippen molar-refractivity contribution in [1.82, 2.24) is 4.98 Å². The predicted molar refractivity (Wildman–Crippen MR) is 108 cm³/mol. The van der Waals surface area contributed by atoms with Crippen LogP contribution in [0, 0.1) is 0 Å². The van der Waals surface area contributed by atoms with Crippen LogP contribution in [-0.4, -0.2) is 16.7 Å². The number of unbranched alkanes of at least 4 members (excludes halogenated alkanes) is 1. The Balaban J connectivity index is 1.51. The number of ether oxygens (including phenoxy) is 1. The van der Waals surface area contributed by atoms with Crippen molar-refractivity contribution in [2.75, 3.05) is 6.61 Å². The minimum absolute atomic E-state index is 0.209. The monoisotopic (exact) mass is 417 g/mol. The molecule has 0 spiro atoms. The Kier molecular flexibility index (Phi) is 7.30. The number of hydrogen-bond donors (Lipinski definition) is 1. The maximum atomic E-state index is 12.6. The van der Waals surface area contributed by atoms with Gasteiger partial charge in [0.1, 0.15) is 24.3 Å². The SMILES string of the molecule is OCCCCc1ccc(OCc2coc(C=Cc3ccc(C(F)(F)F)cc3)n2)cc1. The molecular formula is C23H22F3NO3. The maximum absolute atomic E-state index is 12.6. The quantitative estimate of drug-likeness (QED) is 0.450. The van der Waals surface area contributed by atoms with Crippen LogP contribution in [0.3, 0.4) is 0 Å². The highest BCUT2D eigenvalue weighted by atomic mass is 19.4. The van der Waals surface area contributed by atoms with Crippen molar-refractivity contribution in [2.45, 2.75) is 32.0 Å². The molecule has 158 valence electrons. The van der Waals surface area contributed by atoms with Crippen molar-refractivity contribution in [3.8, 4) is 5.75 Å². The van der Waals surface area contributed by atoms with Crippen LogP contribution in [0.25, 0.3) is 12.2 Å². The molecule has 0 aliphatic carbocycles. The van der Waals surface area contributed by atoms with Crippen LogP contribution in [0.5, 0.6) is 5.75 Å². The Bertz CT molecular complexity index is 945. The fourth-order valence-electron chi connectivity index (χ4n) is 2.77. The van der Waals surface area contributed by atoms with Gasteiger partial charge in [0.2, 0.25) is 5.89 Å². The molecule has 1 N–H and O–H groups in total. The molecule has 0 aliphatic rings. The molecule has 3 aromatic rings. The maximum Gasteiger partial charge on any atom is 0.416 e. The zero-order valence-electron chi connectivity index (χ0n) is 16.2. The first kappa shape index (κ1) is 21.6. The molecule has 0 bridgehead atoms. The van der Waals surface area contributed by atoms with E-state index in [9.17, 15) is 13.2 Å². The van der Waals surface area contributed by atoms with Crippen molar-refractivity contribution in [3.63, 3.8) is 0 Å². The second-order valence-electron chi connectivity index (χ2n) is 6.74. The van der Waals surface area contributed by atoms with Crippen LogP contribution in [0.4, 0.5) is 13.2 Å². The lowest BCUT2D eigenvalue weighted by atomic mass is 10.1. The first-order valence-electron chi connectivity index (χ1n) is 9.56. The molecule has 2 aromatic carbocycles. The molecule has 0 amide bonds. The molecule has 0 aliphatic heterocycles. The molecule has 4 nitrogen and oxygen atoms in total. The third-order valence-corrected chi connectivity index (χ3v) is 4.41. The van der Waals surface area contributed by atoms with Gasteiger partial charge >= 0.3 is 6.18 Å². The number of aryl methyl sites for hydroxylation is 1. The largest absolute Gasteiger partial charge is 0.487 e. The molecule has 0 unspecified atom stereocenters. The summed E-state index contributed by atoms with van der Waals surface area (Å²) in [6, 6.07) is 12.6. The molecule has 1 aromatic heterocycles. The van der Waals surface area contributed by atoms with E-state index in [1.54, 1.807) is 12.2 Å². The number of oxazole rings is 1. The van der Waals surface area contributed by atoms with Crippen LogP contribution in [-0.2, 0) is 19.2 Å². The molecule has 0 radical (unpaired) electrons. The van der Waals surface area contributed by atoms with Gasteiger partial charge in [0.05, 0.1) is 5.56 Å². The highest BCUT2D eigenvalue weighted by Crippen LogP contribution is 2.29. The number of halogens is 3. The smallest absolute Gasteiger partial charge is 0.416 e. The van der Waals surface area contributed by atoms with Crippen LogP contribution in [0.1, 0.15) is 41.1 Å². The van der Waals surface area contributed by atoms with E-state index in [0.29, 0.717) is 22.9 Å². The van der Waals surface area contributed by atoms with E-state index in [0.717, 1.165) is 31.4 Å². The summed E-state index contributed by atoms with van der Waals surface area (Å²) in [6.45, 7) is 0.446. The van der Waals surface area contributed by atoms with Gasteiger partial charge in [-0.2, -0.15) is 13.2 Å². The second-order valence-corrected chi connectivity index (χ2v) is 6.74. The summed E-state index contributed by atoms with van der Waals surface area (Å²) in [5, 5.41) is 8.82. The lowest BCUT2D eigenvalue weighted by Crippen LogP contribution is -2.03. The summed E-state index contributed by atoms with van der Waals surface area (Å²) in [7, 11) is 0. The van der Waals surface area contributed by atoms with Gasteiger partial charge in [0.25, 0.3) is 0 Å². The van der Waals surface area contributed by atoms with Crippen molar-refractivity contribution < 1.29 is 27.4 Å². The van der Waals surface area contributed by atoms with E-state index in [1.165, 1.54) is 24.0 Å². The van der Waals surface area contributed by atoms with Crippen molar-refractivity contribution >= 4 is 12.2 Å². The van der Waals surface area contributed by atoms with Gasteiger partial charge in [0, 0.05) is 12.7 Å². The van der Waals surface area contributed by atoms with Crippen LogP contribution in [0.2, 0.25) is 0 Å². The van der Waals surface area contributed by atoms with Crippen LogP contribution < -0.4 is 4.74 Å². The molecule has 30 heavy (non-hydrogen) atoms. The van der Waals surface area contributed by atoms with Gasteiger partial charge in [0.15, 0.2) is 0 Å². The van der Waals surface area contributed by atoms with Gasteiger partial charge in [-0.15, -0.1) is 0 Å². The number of aliphatic hydroxyl groups is 1. The summed E-state index contributed by atoms with van der Waals surface area (Å²) >= 11 is 0. The van der Waals surface area contributed by atoms with Gasteiger partial charge < -0.3 is 14.3 Å². The number of hydrogen-bond acceptors (Lipinski definition) is 4. The summed E-state index contributed by atoms with van der Waals surface area (Å²) in [6.07, 6.45) is 3.01. The van der Waals surface area contributed by atoms with E-state index in [4.69, 9.17) is 14.3 Å². The van der Waals surface area contributed by atoms with Crippen molar-refractivity contribution in [1.29, 1.82) is 0 Å². The number of nitrogens with zero attached hydrogens (tertiary/aromatic N) is 1. The topological polar surface area (TPSA) is 55.5 Å². The summed E-state index contributed by atoms with van der Waals surface area (Å²) in [4.78, 5) is 4.28. The molecule has 1 heterocycles. The van der Waals surface area contributed by atoms with E-state index in [-0.39, 0.29) is 13.2 Å². The third kappa shape index (κ3) is 6.49. The van der Waals surface area contributed by atoms with Crippen LogP contribution in [0.15, 0.2) is 59.2 Å². The van der Waals surface area contributed by atoms with Crippen molar-refractivity contribution in [2.24, 2.45) is 0 Å². The van der Waals surface area contributed by atoms with E-state index >= 15 is 0 Å². The predicted octanol–water partition coefficient (Wildman–Crippen LogP) is 5.76. The average Bonchev–Trinajstić information content (AvgIpc) is 3.19. The minimum atomic E-state index is -4.35. The Hall–Kier alpha value is -3.06. The minimum Gasteiger partial charge on any atom is -0.487 e. The summed E-state index contributed by atoms with van der Waals surface area (Å²) < 4.78 is 48.8. The second kappa shape index (κ2) is 10.1. The molecule has 0 saturated heterocycles. The molecule has 0 saturated carbocycles. The van der Waals surface area contributed by atoms with Crippen molar-refractivity contribution in [3.05, 3.63) is 83.1 Å². The van der Waals surface area contributed by atoms with Gasteiger partial charge in [-0.25, -0.2) is 4.98 Å². The van der Waals surface area contributed by atoms with E-state index < -0.39 is 11.7 Å². The number of alkyl halides is 3. The summed E-state index contributed by atoms with van der Waals surface area (Å²) in [5.41, 5.74) is 1.72. The Morgan fingerprint density at radius 1 is 0.967 bits per heavy atom. The lowest BCUT2D eigenvalue weighted by molar-refractivity contribution is -0.137. The standard InChI is InChI=1S/C23H22F3NO3/c24-23(25,26)19-9-4-18(5-10-19)8-13-22-27-20(16-30-22)15-29-21-11-6-17(7-12-21)3-1-2-14-28/h4-13,16,28H,1-3,14-15H2. The Morgan fingerprint density at radius 3 is 2.37 bits per heavy atom. The zero-order valence-corrected chi connectivity index (χ0v) is 16.2. The lowest BCUT2D eigenvalue weighted by Gasteiger charge is -2.05. The molecular weight excluding hydrogens is 395 g/mol. The number of aromatic nitrogens is 1.